The van der Waals surface area contributed by atoms with E-state index in [9.17, 15) is 4.79 Å². The molecule has 5 heteroatoms. The number of rotatable bonds is 2. The van der Waals surface area contributed by atoms with Gasteiger partial charge in [-0.3, -0.25) is 0 Å². The standard InChI is InChI=1S/C9H7NO2S2/c1-5-2-3-13-7(5)6-4-14-8(10-6)9(11)12/h2-4H,1H3,(H,11,12). The molecule has 72 valence electrons. The van der Waals surface area contributed by atoms with Gasteiger partial charge in [-0.2, -0.15) is 0 Å². The van der Waals surface area contributed by atoms with Crippen LogP contribution < -0.4 is 0 Å². The first-order chi connectivity index (χ1) is 6.68. The number of aromatic carboxylic acids is 1. The van der Waals surface area contributed by atoms with E-state index in [2.05, 4.69) is 4.98 Å². The smallest absolute Gasteiger partial charge is 0.365 e. The third kappa shape index (κ3) is 1.56. The molecule has 2 aromatic rings. The third-order valence-electron chi connectivity index (χ3n) is 1.78. The summed E-state index contributed by atoms with van der Waals surface area (Å²) in [6.07, 6.45) is 0. The van der Waals surface area contributed by atoms with E-state index < -0.39 is 5.97 Å². The van der Waals surface area contributed by atoms with Gasteiger partial charge in [0.2, 0.25) is 5.01 Å². The SMILES string of the molecule is Cc1ccsc1-c1csc(C(=O)O)n1. The summed E-state index contributed by atoms with van der Waals surface area (Å²) in [4.78, 5) is 15.7. The fraction of sp³-hybridized carbons (Fsp3) is 0.111. The van der Waals surface area contributed by atoms with Crippen molar-refractivity contribution in [2.45, 2.75) is 6.92 Å². The summed E-state index contributed by atoms with van der Waals surface area (Å²) in [6, 6.07) is 2.00. The van der Waals surface area contributed by atoms with Crippen LogP contribution in [-0.4, -0.2) is 16.1 Å². The van der Waals surface area contributed by atoms with E-state index >= 15 is 0 Å². The van der Waals surface area contributed by atoms with Gasteiger partial charge in [-0.1, -0.05) is 0 Å². The lowest BCUT2D eigenvalue weighted by molar-refractivity contribution is 0.0696. The van der Waals surface area contributed by atoms with Crippen LogP contribution in [0.1, 0.15) is 15.4 Å². The van der Waals surface area contributed by atoms with Gasteiger partial charge in [-0.15, -0.1) is 22.7 Å². The number of hydrogen-bond donors (Lipinski definition) is 1. The number of hydrogen-bond acceptors (Lipinski definition) is 4. The van der Waals surface area contributed by atoms with Crippen molar-refractivity contribution in [3.8, 4) is 10.6 Å². The van der Waals surface area contributed by atoms with Crippen LogP contribution in [0.4, 0.5) is 0 Å². The molecule has 0 aromatic carbocycles. The van der Waals surface area contributed by atoms with Crippen LogP contribution in [0.15, 0.2) is 16.8 Å². The molecular weight excluding hydrogens is 218 g/mol. The molecule has 14 heavy (non-hydrogen) atoms. The van der Waals surface area contributed by atoms with Crippen LogP contribution in [-0.2, 0) is 0 Å². The zero-order valence-electron chi connectivity index (χ0n) is 7.35. The number of thiazole rings is 1. The summed E-state index contributed by atoms with van der Waals surface area (Å²) in [5.74, 6) is -0.963. The second-order valence-electron chi connectivity index (χ2n) is 2.78. The van der Waals surface area contributed by atoms with Crippen molar-refractivity contribution in [1.29, 1.82) is 0 Å². The van der Waals surface area contributed by atoms with E-state index in [1.165, 1.54) is 0 Å². The fourth-order valence-corrected chi connectivity index (χ4v) is 2.72. The van der Waals surface area contributed by atoms with E-state index in [0.717, 1.165) is 27.5 Å². The quantitative estimate of drug-likeness (QED) is 0.855. The molecule has 0 radical (unpaired) electrons. The molecule has 1 N–H and O–H groups in total. The molecule has 0 aliphatic carbocycles. The Kier molecular flexibility index (Phi) is 2.35. The van der Waals surface area contributed by atoms with Crippen molar-refractivity contribution in [3.05, 3.63) is 27.4 Å². The first-order valence-corrected chi connectivity index (χ1v) is 5.67. The summed E-state index contributed by atoms with van der Waals surface area (Å²) < 4.78 is 0. The van der Waals surface area contributed by atoms with Crippen molar-refractivity contribution in [2.75, 3.05) is 0 Å². The van der Waals surface area contributed by atoms with Crippen LogP contribution in [0, 0.1) is 6.92 Å². The number of aromatic nitrogens is 1. The number of nitrogens with zero attached hydrogens (tertiary/aromatic N) is 1. The number of aryl methyl sites for hydroxylation is 1. The lowest BCUT2D eigenvalue weighted by Gasteiger charge is -1.91. The lowest BCUT2D eigenvalue weighted by Crippen LogP contribution is -1.94. The molecule has 0 amide bonds. The van der Waals surface area contributed by atoms with Crippen LogP contribution in [0.3, 0.4) is 0 Å². The Labute approximate surface area is 88.7 Å². The highest BCUT2D eigenvalue weighted by Crippen LogP contribution is 2.29. The highest BCUT2D eigenvalue weighted by molar-refractivity contribution is 7.15. The van der Waals surface area contributed by atoms with Crippen molar-refractivity contribution >= 4 is 28.6 Å². The highest BCUT2D eigenvalue weighted by Gasteiger charge is 2.12. The first-order valence-electron chi connectivity index (χ1n) is 3.92. The Morgan fingerprint density at radius 1 is 1.50 bits per heavy atom. The second-order valence-corrected chi connectivity index (χ2v) is 4.55. The Morgan fingerprint density at radius 2 is 2.29 bits per heavy atom. The molecule has 2 rings (SSSR count). The zero-order chi connectivity index (χ0) is 10.1. The molecule has 2 heterocycles. The summed E-state index contributed by atoms with van der Waals surface area (Å²) >= 11 is 2.74. The molecule has 3 nitrogen and oxygen atoms in total. The Bertz CT molecular complexity index is 473. The van der Waals surface area contributed by atoms with E-state index in [1.54, 1.807) is 16.7 Å². The van der Waals surface area contributed by atoms with Gasteiger partial charge in [-0.05, 0) is 23.9 Å². The van der Waals surface area contributed by atoms with Gasteiger partial charge in [-0.25, -0.2) is 9.78 Å². The maximum atomic E-state index is 10.6. The maximum Gasteiger partial charge on any atom is 0.365 e. The minimum absolute atomic E-state index is 0.146. The van der Waals surface area contributed by atoms with Crippen LogP contribution in [0.25, 0.3) is 10.6 Å². The van der Waals surface area contributed by atoms with Gasteiger partial charge >= 0.3 is 5.97 Å². The van der Waals surface area contributed by atoms with Crippen molar-refractivity contribution < 1.29 is 9.90 Å². The predicted octanol–water partition coefficient (Wildman–Crippen LogP) is 2.88. The maximum absolute atomic E-state index is 10.6. The molecule has 0 bridgehead atoms. The highest BCUT2D eigenvalue weighted by atomic mass is 32.1. The Hall–Kier alpha value is -1.20. The van der Waals surface area contributed by atoms with Gasteiger partial charge in [0, 0.05) is 5.38 Å². The Morgan fingerprint density at radius 3 is 2.79 bits per heavy atom. The molecule has 2 aromatic heterocycles. The van der Waals surface area contributed by atoms with E-state index in [1.807, 2.05) is 18.4 Å². The molecular formula is C9H7NO2S2. The average Bonchev–Trinajstić information content (AvgIpc) is 2.71. The summed E-state index contributed by atoms with van der Waals surface area (Å²) in [7, 11) is 0. The van der Waals surface area contributed by atoms with E-state index in [-0.39, 0.29) is 5.01 Å². The number of carboxylic acid groups (broad SMARTS) is 1. The van der Waals surface area contributed by atoms with Gasteiger partial charge in [0.25, 0.3) is 0 Å². The summed E-state index contributed by atoms with van der Waals surface area (Å²) in [5.41, 5.74) is 1.90. The second kappa shape index (κ2) is 3.51. The van der Waals surface area contributed by atoms with Crippen LogP contribution >= 0.6 is 22.7 Å². The molecule has 0 fully saturated rings. The molecule has 0 saturated heterocycles. The number of carbonyl (C=O) groups is 1. The van der Waals surface area contributed by atoms with E-state index in [4.69, 9.17) is 5.11 Å². The minimum Gasteiger partial charge on any atom is -0.476 e. The van der Waals surface area contributed by atoms with Crippen LogP contribution in [0.2, 0.25) is 0 Å². The lowest BCUT2D eigenvalue weighted by atomic mass is 10.2. The molecule has 0 spiro atoms. The van der Waals surface area contributed by atoms with Gasteiger partial charge < -0.3 is 5.11 Å². The molecule has 0 aliphatic rings. The molecule has 0 aliphatic heterocycles. The fourth-order valence-electron chi connectivity index (χ4n) is 1.11. The molecule has 0 saturated carbocycles. The van der Waals surface area contributed by atoms with Crippen molar-refractivity contribution in [2.24, 2.45) is 0 Å². The minimum atomic E-state index is -0.963. The van der Waals surface area contributed by atoms with Crippen LogP contribution in [0.5, 0.6) is 0 Å². The number of thiophene rings is 1. The normalized spacial score (nSPS) is 10.4. The Balaban J connectivity index is 2.43. The molecule has 0 unspecified atom stereocenters. The predicted molar refractivity (Wildman–Crippen MR) is 57.1 cm³/mol. The average molecular weight is 225 g/mol. The van der Waals surface area contributed by atoms with Gasteiger partial charge in [0.1, 0.15) is 0 Å². The molecule has 0 atom stereocenters. The largest absolute Gasteiger partial charge is 0.476 e. The number of carboxylic acids is 1. The first kappa shape index (κ1) is 9.36. The van der Waals surface area contributed by atoms with Crippen molar-refractivity contribution in [1.82, 2.24) is 4.98 Å². The monoisotopic (exact) mass is 225 g/mol. The van der Waals surface area contributed by atoms with Gasteiger partial charge in [0.05, 0.1) is 10.6 Å². The third-order valence-corrected chi connectivity index (χ3v) is 3.65. The van der Waals surface area contributed by atoms with Crippen molar-refractivity contribution in [3.63, 3.8) is 0 Å². The summed E-state index contributed by atoms with van der Waals surface area (Å²) in [6.45, 7) is 1.99. The topological polar surface area (TPSA) is 50.2 Å². The van der Waals surface area contributed by atoms with Gasteiger partial charge in [0.15, 0.2) is 0 Å². The zero-order valence-corrected chi connectivity index (χ0v) is 8.98. The van der Waals surface area contributed by atoms with E-state index in [0.29, 0.717) is 0 Å². The summed E-state index contributed by atoms with van der Waals surface area (Å²) in [5, 5.41) is 12.6.